The average Bonchev–Trinajstić information content (AvgIpc) is 3.19. The summed E-state index contributed by atoms with van der Waals surface area (Å²) in [6.45, 7) is 0.179. The molecule has 1 aliphatic rings. The van der Waals surface area contributed by atoms with Crippen molar-refractivity contribution in [3.05, 3.63) is 27.7 Å². The minimum absolute atomic E-state index is 0.0846. The van der Waals surface area contributed by atoms with Gasteiger partial charge in [0.25, 0.3) is 5.91 Å². The number of carbonyl (C=O) groups excluding carboxylic acids is 1. The van der Waals surface area contributed by atoms with Crippen LogP contribution in [-0.2, 0) is 4.79 Å². The second-order valence-corrected chi connectivity index (χ2v) is 5.54. The molecule has 0 spiro atoms. The Kier molecular flexibility index (Phi) is 4.40. The SMILES string of the molecule is Nc1c(Cl)cc(C(=O)N(CCC(=O)O)C2CC2)cc1Cl. The number of anilines is 1. The molecule has 1 aliphatic carbocycles. The maximum atomic E-state index is 12.4. The number of halogens is 2. The number of nitrogens with zero attached hydrogens (tertiary/aromatic N) is 1. The fourth-order valence-corrected chi connectivity index (χ4v) is 2.41. The summed E-state index contributed by atoms with van der Waals surface area (Å²) in [5.74, 6) is -1.20. The average molecular weight is 317 g/mol. The van der Waals surface area contributed by atoms with Gasteiger partial charge in [-0.2, -0.15) is 0 Å². The highest BCUT2D eigenvalue weighted by atomic mass is 35.5. The summed E-state index contributed by atoms with van der Waals surface area (Å²) in [5.41, 5.74) is 6.19. The Balaban J connectivity index is 2.21. The molecule has 1 saturated carbocycles. The molecule has 1 amide bonds. The minimum Gasteiger partial charge on any atom is -0.481 e. The second kappa shape index (κ2) is 5.89. The number of aliphatic carboxylic acids is 1. The van der Waals surface area contributed by atoms with Crippen molar-refractivity contribution < 1.29 is 14.7 Å². The molecular formula is C13H14Cl2N2O3. The first kappa shape index (κ1) is 14.9. The molecule has 1 aromatic carbocycles. The third-order valence-corrected chi connectivity index (χ3v) is 3.77. The highest BCUT2D eigenvalue weighted by molar-refractivity contribution is 6.39. The number of nitrogen functional groups attached to an aromatic ring is 1. The number of hydrogen-bond donors (Lipinski definition) is 2. The topological polar surface area (TPSA) is 83.6 Å². The predicted octanol–water partition coefficient (Wildman–Crippen LogP) is 2.65. The van der Waals surface area contributed by atoms with E-state index in [2.05, 4.69) is 0 Å². The van der Waals surface area contributed by atoms with Gasteiger partial charge in [0.1, 0.15) is 0 Å². The molecule has 5 nitrogen and oxygen atoms in total. The van der Waals surface area contributed by atoms with Crippen molar-refractivity contribution in [2.75, 3.05) is 12.3 Å². The zero-order valence-electron chi connectivity index (χ0n) is 10.6. The fourth-order valence-electron chi connectivity index (χ4n) is 1.93. The van der Waals surface area contributed by atoms with Crippen LogP contribution in [0.4, 0.5) is 5.69 Å². The molecule has 0 bridgehead atoms. The zero-order valence-corrected chi connectivity index (χ0v) is 12.1. The van der Waals surface area contributed by atoms with E-state index in [1.165, 1.54) is 12.1 Å². The Morgan fingerprint density at radius 1 is 1.30 bits per heavy atom. The Hall–Kier alpha value is -1.46. The normalized spacial score (nSPS) is 14.1. The van der Waals surface area contributed by atoms with Gasteiger partial charge in [-0.15, -0.1) is 0 Å². The van der Waals surface area contributed by atoms with Crippen LogP contribution in [0, 0.1) is 0 Å². The van der Waals surface area contributed by atoms with Gasteiger partial charge in [0.2, 0.25) is 0 Å². The maximum absolute atomic E-state index is 12.4. The Bertz CT molecular complexity index is 536. The predicted molar refractivity (Wildman–Crippen MR) is 77.2 cm³/mol. The van der Waals surface area contributed by atoms with Crippen LogP contribution in [0.3, 0.4) is 0 Å². The van der Waals surface area contributed by atoms with E-state index < -0.39 is 5.97 Å². The van der Waals surface area contributed by atoms with E-state index in [4.69, 9.17) is 34.0 Å². The van der Waals surface area contributed by atoms with E-state index in [1.807, 2.05) is 0 Å². The third-order valence-electron chi connectivity index (χ3n) is 3.14. The quantitative estimate of drug-likeness (QED) is 0.818. The lowest BCUT2D eigenvalue weighted by molar-refractivity contribution is -0.137. The first-order valence-electron chi connectivity index (χ1n) is 6.17. The van der Waals surface area contributed by atoms with Crippen LogP contribution in [0.15, 0.2) is 12.1 Å². The van der Waals surface area contributed by atoms with Crippen molar-refractivity contribution in [1.29, 1.82) is 0 Å². The molecule has 0 aromatic heterocycles. The van der Waals surface area contributed by atoms with E-state index >= 15 is 0 Å². The minimum atomic E-state index is -0.933. The van der Waals surface area contributed by atoms with Crippen molar-refractivity contribution in [2.24, 2.45) is 0 Å². The Morgan fingerprint density at radius 3 is 2.30 bits per heavy atom. The molecule has 0 atom stereocenters. The van der Waals surface area contributed by atoms with E-state index in [0.29, 0.717) is 5.56 Å². The summed E-state index contributed by atoms with van der Waals surface area (Å²) in [6.07, 6.45) is 1.70. The molecule has 0 saturated heterocycles. The zero-order chi connectivity index (χ0) is 14.9. The summed E-state index contributed by atoms with van der Waals surface area (Å²) in [4.78, 5) is 24.7. The lowest BCUT2D eigenvalue weighted by Gasteiger charge is -2.22. The summed E-state index contributed by atoms with van der Waals surface area (Å²) in [6, 6.07) is 3.03. The molecule has 0 unspecified atom stereocenters. The molecule has 0 heterocycles. The van der Waals surface area contributed by atoms with E-state index in [9.17, 15) is 9.59 Å². The summed E-state index contributed by atoms with van der Waals surface area (Å²) >= 11 is 11.8. The number of carbonyl (C=O) groups is 2. The van der Waals surface area contributed by atoms with Crippen molar-refractivity contribution in [2.45, 2.75) is 25.3 Å². The van der Waals surface area contributed by atoms with Crippen molar-refractivity contribution in [1.82, 2.24) is 4.90 Å². The van der Waals surface area contributed by atoms with Gasteiger partial charge in [-0.05, 0) is 25.0 Å². The van der Waals surface area contributed by atoms with Crippen LogP contribution in [0.25, 0.3) is 0 Å². The largest absolute Gasteiger partial charge is 0.481 e. The number of benzene rings is 1. The van der Waals surface area contributed by atoms with Gasteiger partial charge in [0, 0.05) is 18.2 Å². The molecule has 3 N–H and O–H groups in total. The van der Waals surface area contributed by atoms with Gasteiger partial charge < -0.3 is 15.7 Å². The smallest absolute Gasteiger partial charge is 0.305 e. The van der Waals surface area contributed by atoms with Crippen LogP contribution in [0.1, 0.15) is 29.6 Å². The Labute approximate surface area is 126 Å². The van der Waals surface area contributed by atoms with Gasteiger partial charge in [-0.3, -0.25) is 9.59 Å². The molecule has 20 heavy (non-hydrogen) atoms. The summed E-state index contributed by atoms with van der Waals surface area (Å²) in [5, 5.41) is 9.18. The van der Waals surface area contributed by atoms with Crippen LogP contribution < -0.4 is 5.73 Å². The van der Waals surface area contributed by atoms with Gasteiger partial charge in [-0.1, -0.05) is 23.2 Å². The number of nitrogens with two attached hydrogens (primary N) is 1. The highest BCUT2D eigenvalue weighted by Gasteiger charge is 2.33. The number of amides is 1. The first-order chi connectivity index (χ1) is 9.40. The summed E-state index contributed by atoms with van der Waals surface area (Å²) in [7, 11) is 0. The van der Waals surface area contributed by atoms with Gasteiger partial charge in [-0.25, -0.2) is 0 Å². The number of rotatable bonds is 5. The standard InChI is InChI=1S/C13H14Cl2N2O3/c14-9-5-7(6-10(15)12(9)16)13(20)17(8-1-2-8)4-3-11(18)19/h5-6,8H,1-4,16H2,(H,18,19). The van der Waals surface area contributed by atoms with Crippen LogP contribution >= 0.6 is 23.2 Å². The molecule has 1 aromatic rings. The monoisotopic (exact) mass is 316 g/mol. The summed E-state index contributed by atoms with van der Waals surface area (Å²) < 4.78 is 0. The molecule has 0 aliphatic heterocycles. The van der Waals surface area contributed by atoms with Crippen LogP contribution in [-0.4, -0.2) is 34.5 Å². The molecule has 108 valence electrons. The van der Waals surface area contributed by atoms with E-state index in [-0.39, 0.29) is 40.6 Å². The molecular weight excluding hydrogens is 303 g/mol. The van der Waals surface area contributed by atoms with Crippen molar-refractivity contribution >= 4 is 40.8 Å². The molecule has 0 radical (unpaired) electrons. The van der Waals surface area contributed by atoms with Gasteiger partial charge in [0.05, 0.1) is 22.2 Å². The molecule has 2 rings (SSSR count). The van der Waals surface area contributed by atoms with Crippen molar-refractivity contribution in [3.63, 3.8) is 0 Å². The lowest BCUT2D eigenvalue weighted by atomic mass is 10.1. The van der Waals surface area contributed by atoms with Crippen LogP contribution in [0.2, 0.25) is 10.0 Å². The fraction of sp³-hybridized carbons (Fsp3) is 0.385. The van der Waals surface area contributed by atoms with Crippen LogP contribution in [0.5, 0.6) is 0 Å². The Morgan fingerprint density at radius 2 is 1.85 bits per heavy atom. The first-order valence-corrected chi connectivity index (χ1v) is 6.93. The van der Waals surface area contributed by atoms with E-state index in [0.717, 1.165) is 12.8 Å². The van der Waals surface area contributed by atoms with Crippen molar-refractivity contribution in [3.8, 4) is 0 Å². The second-order valence-electron chi connectivity index (χ2n) is 4.73. The third kappa shape index (κ3) is 3.35. The maximum Gasteiger partial charge on any atom is 0.305 e. The number of carboxylic acid groups (broad SMARTS) is 1. The van der Waals surface area contributed by atoms with E-state index in [1.54, 1.807) is 4.90 Å². The number of hydrogen-bond acceptors (Lipinski definition) is 3. The number of carboxylic acids is 1. The van der Waals surface area contributed by atoms with Gasteiger partial charge in [0.15, 0.2) is 0 Å². The molecule has 7 heteroatoms. The lowest BCUT2D eigenvalue weighted by Crippen LogP contribution is -2.35. The highest BCUT2D eigenvalue weighted by Crippen LogP contribution is 2.32. The molecule has 1 fully saturated rings. The van der Waals surface area contributed by atoms with Gasteiger partial charge >= 0.3 is 5.97 Å².